The first-order valence-electron chi connectivity index (χ1n) is 10.8. The van der Waals surface area contributed by atoms with Crippen molar-refractivity contribution in [1.82, 2.24) is 4.90 Å². The number of methoxy groups -OCH3 is 1. The van der Waals surface area contributed by atoms with Crippen LogP contribution >= 0.6 is 11.6 Å². The second-order valence-corrected chi connectivity index (χ2v) is 10.1. The number of aliphatic hydroxyl groups excluding tert-OH is 1. The number of aliphatic hydroxyl groups is 1. The van der Waals surface area contributed by atoms with E-state index in [4.69, 9.17) is 16.3 Å². The van der Waals surface area contributed by atoms with Crippen LogP contribution in [0.1, 0.15) is 11.1 Å². The highest BCUT2D eigenvalue weighted by Crippen LogP contribution is 2.31. The lowest BCUT2D eigenvalue weighted by atomic mass is 10.1. The summed E-state index contributed by atoms with van der Waals surface area (Å²) in [7, 11) is -0.333. The van der Waals surface area contributed by atoms with Crippen molar-refractivity contribution in [2.45, 2.75) is 11.4 Å². The van der Waals surface area contributed by atoms with E-state index in [1.807, 2.05) is 49.5 Å². The zero-order chi connectivity index (χ0) is 24.6. The van der Waals surface area contributed by atoms with E-state index in [0.717, 1.165) is 11.1 Å². The molecule has 34 heavy (non-hydrogen) atoms. The van der Waals surface area contributed by atoms with E-state index in [2.05, 4.69) is 4.90 Å². The molecule has 0 unspecified atom stereocenters. The lowest BCUT2D eigenvalue weighted by Crippen LogP contribution is -2.35. The van der Waals surface area contributed by atoms with Crippen LogP contribution in [0.3, 0.4) is 0 Å². The molecule has 3 aromatic carbocycles. The molecule has 3 aromatic rings. The van der Waals surface area contributed by atoms with Gasteiger partial charge in [0, 0.05) is 18.1 Å². The van der Waals surface area contributed by atoms with Crippen LogP contribution in [0.15, 0.2) is 83.8 Å². The number of benzene rings is 3. The number of rotatable bonds is 11. The summed E-state index contributed by atoms with van der Waals surface area (Å²) in [6, 6.07) is 21.1. The number of likely N-dealkylation sites (N-methyl/N-ethyl adjacent to an activating group) is 1. The molecule has 180 valence electrons. The van der Waals surface area contributed by atoms with Gasteiger partial charge in [-0.15, -0.1) is 0 Å². The fraction of sp³-hybridized carbons (Fsp3) is 0.231. The largest absolute Gasteiger partial charge is 0.497 e. The van der Waals surface area contributed by atoms with E-state index < -0.39 is 10.0 Å². The molecule has 0 heterocycles. The second kappa shape index (κ2) is 12.0. The Balaban J connectivity index is 1.87. The maximum absolute atomic E-state index is 13.4. The first-order valence-corrected chi connectivity index (χ1v) is 12.6. The van der Waals surface area contributed by atoms with Crippen molar-refractivity contribution >= 4 is 33.4 Å². The minimum atomic E-state index is -3.86. The third kappa shape index (κ3) is 6.61. The van der Waals surface area contributed by atoms with Crippen LogP contribution in [0.5, 0.6) is 5.75 Å². The normalized spacial score (nSPS) is 11.8. The van der Waals surface area contributed by atoms with E-state index in [9.17, 15) is 13.5 Å². The summed E-state index contributed by atoms with van der Waals surface area (Å²) in [5, 5.41) is 10.4. The van der Waals surface area contributed by atoms with Crippen LogP contribution in [-0.2, 0) is 16.6 Å². The summed E-state index contributed by atoms with van der Waals surface area (Å²) in [5.41, 5.74) is 2.32. The molecule has 0 radical (unpaired) electrons. The van der Waals surface area contributed by atoms with Crippen LogP contribution in [0.25, 0.3) is 6.08 Å². The maximum Gasteiger partial charge on any atom is 0.264 e. The number of sulfonamides is 1. The smallest absolute Gasteiger partial charge is 0.264 e. The monoisotopic (exact) mass is 500 g/mol. The zero-order valence-corrected chi connectivity index (χ0v) is 20.8. The Morgan fingerprint density at radius 3 is 2.38 bits per heavy atom. The van der Waals surface area contributed by atoms with Gasteiger partial charge in [0.2, 0.25) is 0 Å². The van der Waals surface area contributed by atoms with E-state index in [0.29, 0.717) is 29.5 Å². The summed E-state index contributed by atoms with van der Waals surface area (Å²) in [5.74, 6) is 0.630. The van der Waals surface area contributed by atoms with E-state index in [1.54, 1.807) is 49.6 Å². The molecule has 0 aliphatic heterocycles. The Kier molecular flexibility index (Phi) is 9.12. The van der Waals surface area contributed by atoms with Gasteiger partial charge in [0.25, 0.3) is 10.0 Å². The number of ether oxygens (including phenoxy) is 1. The number of hydrogen-bond acceptors (Lipinski definition) is 5. The average Bonchev–Trinajstić information content (AvgIpc) is 2.84. The Hall–Kier alpha value is -2.84. The molecule has 0 aliphatic rings. The molecule has 8 heteroatoms. The average molecular weight is 501 g/mol. The predicted molar refractivity (Wildman–Crippen MR) is 138 cm³/mol. The van der Waals surface area contributed by atoms with Crippen LogP contribution in [-0.4, -0.2) is 52.3 Å². The van der Waals surface area contributed by atoms with E-state index in [1.165, 1.54) is 4.31 Å². The molecule has 0 amide bonds. The summed E-state index contributed by atoms with van der Waals surface area (Å²) in [4.78, 5) is 2.24. The third-order valence-electron chi connectivity index (χ3n) is 5.23. The van der Waals surface area contributed by atoms with Crippen molar-refractivity contribution in [3.8, 4) is 5.75 Å². The van der Waals surface area contributed by atoms with Gasteiger partial charge in [-0.1, -0.05) is 54.1 Å². The Morgan fingerprint density at radius 1 is 1.03 bits per heavy atom. The molecule has 3 rings (SSSR count). The molecule has 1 N–H and O–H groups in total. The van der Waals surface area contributed by atoms with Crippen LogP contribution in [0, 0.1) is 0 Å². The number of nitrogens with zero attached hydrogens (tertiary/aromatic N) is 2. The Bertz CT molecular complexity index is 1200. The first-order chi connectivity index (χ1) is 16.3. The highest BCUT2D eigenvalue weighted by atomic mass is 35.5. The fourth-order valence-corrected chi connectivity index (χ4v) is 5.18. The minimum absolute atomic E-state index is 0.0588. The molecular weight excluding hydrogens is 472 g/mol. The topological polar surface area (TPSA) is 70.1 Å². The molecule has 0 aliphatic carbocycles. The van der Waals surface area contributed by atoms with Gasteiger partial charge in [-0.2, -0.15) is 0 Å². The zero-order valence-electron chi connectivity index (χ0n) is 19.3. The molecular formula is C26H29ClN2O4S. The molecule has 6 nitrogen and oxygen atoms in total. The third-order valence-corrected chi connectivity index (χ3v) is 7.31. The molecule has 0 saturated heterocycles. The Labute approximate surface area is 206 Å². The summed E-state index contributed by atoms with van der Waals surface area (Å²) in [6.45, 7) is 0.752. The van der Waals surface area contributed by atoms with Gasteiger partial charge in [0.05, 0.1) is 30.8 Å². The summed E-state index contributed by atoms with van der Waals surface area (Å²) >= 11 is 5.94. The van der Waals surface area contributed by atoms with Gasteiger partial charge in [0.1, 0.15) is 5.75 Å². The molecule has 0 atom stereocenters. The minimum Gasteiger partial charge on any atom is -0.497 e. The molecule has 0 aromatic heterocycles. The Morgan fingerprint density at radius 2 is 1.74 bits per heavy atom. The maximum atomic E-state index is 13.4. The van der Waals surface area contributed by atoms with Crippen molar-refractivity contribution in [3.63, 3.8) is 0 Å². The van der Waals surface area contributed by atoms with Gasteiger partial charge in [-0.05, 0) is 60.6 Å². The molecule has 0 saturated carbocycles. The number of hydrogen-bond donors (Lipinski definition) is 1. The van der Waals surface area contributed by atoms with E-state index >= 15 is 0 Å². The van der Waals surface area contributed by atoms with Crippen molar-refractivity contribution < 1.29 is 18.3 Å². The van der Waals surface area contributed by atoms with Gasteiger partial charge in [-0.25, -0.2) is 8.42 Å². The second-order valence-electron chi connectivity index (χ2n) is 7.76. The quantitative estimate of drug-likeness (QED) is 0.414. The van der Waals surface area contributed by atoms with Gasteiger partial charge < -0.3 is 9.84 Å². The van der Waals surface area contributed by atoms with Crippen LogP contribution < -0.4 is 9.04 Å². The van der Waals surface area contributed by atoms with E-state index in [-0.39, 0.29) is 18.0 Å². The van der Waals surface area contributed by atoms with Crippen LogP contribution in [0.2, 0.25) is 5.02 Å². The molecule has 0 bridgehead atoms. The van der Waals surface area contributed by atoms with Gasteiger partial charge in [-0.3, -0.25) is 9.21 Å². The highest BCUT2D eigenvalue weighted by molar-refractivity contribution is 7.92. The molecule has 0 spiro atoms. The van der Waals surface area contributed by atoms with Gasteiger partial charge >= 0.3 is 0 Å². The predicted octanol–water partition coefficient (Wildman–Crippen LogP) is 4.68. The molecule has 0 fully saturated rings. The number of halogens is 1. The van der Waals surface area contributed by atoms with Gasteiger partial charge in [0.15, 0.2) is 0 Å². The standard InChI is InChI=1S/C26H29ClN2O4S/c1-28(16-6-7-21-10-12-23(27)13-11-21)20-22-19-24(33-2)14-15-26(22)29(17-18-30)34(31,32)25-8-4-3-5-9-25/h3-15,19,30H,16-18,20H2,1-2H3. The lowest BCUT2D eigenvalue weighted by molar-refractivity contribution is 0.306. The van der Waals surface area contributed by atoms with Crippen molar-refractivity contribution in [3.05, 3.63) is 95.0 Å². The highest BCUT2D eigenvalue weighted by Gasteiger charge is 2.26. The van der Waals surface area contributed by atoms with Crippen molar-refractivity contribution in [1.29, 1.82) is 0 Å². The van der Waals surface area contributed by atoms with Crippen molar-refractivity contribution in [2.24, 2.45) is 0 Å². The number of anilines is 1. The lowest BCUT2D eigenvalue weighted by Gasteiger charge is -2.27. The van der Waals surface area contributed by atoms with Crippen molar-refractivity contribution in [2.75, 3.05) is 38.2 Å². The fourth-order valence-electron chi connectivity index (χ4n) is 3.54. The summed E-state index contributed by atoms with van der Waals surface area (Å²) in [6.07, 6.45) is 4.05. The van der Waals surface area contributed by atoms with Crippen LogP contribution in [0.4, 0.5) is 5.69 Å². The SMILES string of the molecule is COc1ccc(N(CCO)S(=O)(=O)c2ccccc2)c(CN(C)CC=Cc2ccc(Cl)cc2)c1. The first kappa shape index (κ1) is 25.8. The summed E-state index contributed by atoms with van der Waals surface area (Å²) < 4.78 is 33.5.